The van der Waals surface area contributed by atoms with Crippen molar-refractivity contribution in [3.8, 4) is 0 Å². The van der Waals surface area contributed by atoms with Gasteiger partial charge in [0.15, 0.2) is 0 Å². The number of alkyl carbamates (subject to hydrolysis) is 1. The molecule has 0 heterocycles. The van der Waals surface area contributed by atoms with E-state index in [1.807, 2.05) is 20.8 Å². The van der Waals surface area contributed by atoms with Crippen LogP contribution in [0.4, 0.5) is 4.79 Å². The van der Waals surface area contributed by atoms with Crippen LogP contribution in [-0.4, -0.2) is 60.3 Å². The number of rotatable bonds is 11. The number of amides is 1. The molecule has 6 nitrogen and oxygen atoms in total. The lowest BCUT2D eigenvalue weighted by molar-refractivity contribution is 0.0526. The smallest absolute Gasteiger partial charge is 0.407 e. The second-order valence-corrected chi connectivity index (χ2v) is 8.41. The highest BCUT2D eigenvalue weighted by molar-refractivity contribution is 7.84. The minimum atomic E-state index is -0.758. The first-order chi connectivity index (χ1) is 10.6. The highest BCUT2D eigenvalue weighted by atomic mass is 32.2. The van der Waals surface area contributed by atoms with E-state index in [2.05, 4.69) is 17.6 Å². The third kappa shape index (κ3) is 14.7. The lowest BCUT2D eigenvalue weighted by Gasteiger charge is -2.23. The molecule has 0 aliphatic carbocycles. The summed E-state index contributed by atoms with van der Waals surface area (Å²) < 4.78 is 21.6. The molecule has 0 aromatic carbocycles. The van der Waals surface area contributed by atoms with Crippen molar-refractivity contribution in [1.82, 2.24) is 10.6 Å². The fourth-order valence-electron chi connectivity index (χ4n) is 2.10. The lowest BCUT2D eigenvalue weighted by atomic mass is 10.1. The second-order valence-electron chi connectivity index (χ2n) is 6.86. The molecule has 0 bridgehead atoms. The van der Waals surface area contributed by atoms with Crippen LogP contribution in [0.15, 0.2) is 0 Å². The number of hydrogen-bond acceptors (Lipinski definition) is 5. The van der Waals surface area contributed by atoms with E-state index in [0.717, 1.165) is 19.3 Å². The quantitative estimate of drug-likeness (QED) is 0.558. The summed E-state index contributed by atoms with van der Waals surface area (Å²) in [5.41, 5.74) is -0.473. The van der Waals surface area contributed by atoms with E-state index in [-0.39, 0.29) is 18.2 Å². The summed E-state index contributed by atoms with van der Waals surface area (Å²) in [6.45, 7) is 8.81. The zero-order valence-corrected chi connectivity index (χ0v) is 16.3. The standard InChI is InChI=1S/C16H34N2O4S/c1-13(9-11-23(6)20)18-14(12-21-5)8-7-10-17-15(19)22-16(2,3)4/h13-14,18H,7-12H2,1-6H3,(H,17,19). The average Bonchev–Trinajstić information content (AvgIpc) is 2.39. The van der Waals surface area contributed by atoms with Crippen molar-refractivity contribution in [3.05, 3.63) is 0 Å². The Hall–Kier alpha value is -0.660. The van der Waals surface area contributed by atoms with E-state index in [0.29, 0.717) is 18.9 Å². The average molecular weight is 351 g/mol. The van der Waals surface area contributed by atoms with Gasteiger partial charge in [-0.2, -0.15) is 0 Å². The van der Waals surface area contributed by atoms with Crippen LogP contribution in [-0.2, 0) is 20.3 Å². The molecule has 0 aliphatic heterocycles. The first-order valence-corrected chi connectivity index (χ1v) is 9.88. The number of carbonyl (C=O) groups is 1. The molecular formula is C16H34N2O4S. The minimum absolute atomic E-state index is 0.223. The molecule has 0 aliphatic rings. The van der Waals surface area contributed by atoms with E-state index in [9.17, 15) is 9.00 Å². The molecule has 1 amide bonds. The fraction of sp³-hybridized carbons (Fsp3) is 0.938. The van der Waals surface area contributed by atoms with Gasteiger partial charge in [-0.15, -0.1) is 0 Å². The Bertz CT molecular complexity index is 358. The Kier molecular flexibility index (Phi) is 11.5. The van der Waals surface area contributed by atoms with Gasteiger partial charge in [0.25, 0.3) is 0 Å². The van der Waals surface area contributed by atoms with Crippen LogP contribution in [0, 0.1) is 0 Å². The molecule has 0 rings (SSSR count). The van der Waals surface area contributed by atoms with Gasteiger partial charge >= 0.3 is 6.09 Å². The van der Waals surface area contributed by atoms with Gasteiger partial charge in [0.1, 0.15) is 5.60 Å². The van der Waals surface area contributed by atoms with Crippen molar-refractivity contribution in [1.29, 1.82) is 0 Å². The van der Waals surface area contributed by atoms with Crippen molar-refractivity contribution in [3.63, 3.8) is 0 Å². The van der Waals surface area contributed by atoms with Gasteiger partial charge in [0, 0.05) is 48.5 Å². The zero-order chi connectivity index (χ0) is 17.9. The highest BCUT2D eigenvalue weighted by Crippen LogP contribution is 2.07. The molecule has 0 radical (unpaired) electrons. The maximum atomic E-state index is 11.6. The molecule has 0 spiro atoms. The van der Waals surface area contributed by atoms with Crippen molar-refractivity contribution >= 4 is 16.9 Å². The number of methoxy groups -OCH3 is 1. The van der Waals surface area contributed by atoms with Gasteiger partial charge in [0.2, 0.25) is 0 Å². The molecule has 0 aromatic rings. The summed E-state index contributed by atoms with van der Waals surface area (Å²) in [6, 6.07) is 0.513. The third-order valence-electron chi connectivity index (χ3n) is 3.12. The van der Waals surface area contributed by atoms with Crippen LogP contribution in [0.3, 0.4) is 0 Å². The largest absolute Gasteiger partial charge is 0.444 e. The van der Waals surface area contributed by atoms with Crippen LogP contribution in [0.5, 0.6) is 0 Å². The normalized spacial score (nSPS) is 15.7. The molecule has 0 fully saturated rings. The topological polar surface area (TPSA) is 76.7 Å². The molecule has 3 atom stereocenters. The van der Waals surface area contributed by atoms with Crippen molar-refractivity contribution < 1.29 is 18.5 Å². The Balaban J connectivity index is 4.00. The highest BCUT2D eigenvalue weighted by Gasteiger charge is 2.16. The fourth-order valence-corrected chi connectivity index (χ4v) is 2.78. The second kappa shape index (κ2) is 11.8. The predicted molar refractivity (Wildman–Crippen MR) is 95.3 cm³/mol. The molecular weight excluding hydrogens is 316 g/mol. The van der Waals surface area contributed by atoms with E-state index < -0.39 is 16.4 Å². The van der Waals surface area contributed by atoms with Crippen LogP contribution in [0.25, 0.3) is 0 Å². The van der Waals surface area contributed by atoms with Gasteiger partial charge in [-0.25, -0.2) is 4.79 Å². The zero-order valence-electron chi connectivity index (χ0n) is 15.4. The van der Waals surface area contributed by atoms with Gasteiger partial charge in [-0.05, 0) is 47.0 Å². The molecule has 23 heavy (non-hydrogen) atoms. The van der Waals surface area contributed by atoms with Gasteiger partial charge in [-0.1, -0.05) is 0 Å². The molecule has 138 valence electrons. The molecule has 2 N–H and O–H groups in total. The van der Waals surface area contributed by atoms with Crippen LogP contribution < -0.4 is 10.6 Å². The monoisotopic (exact) mass is 350 g/mol. The Morgan fingerprint density at radius 3 is 2.43 bits per heavy atom. The minimum Gasteiger partial charge on any atom is -0.444 e. The van der Waals surface area contributed by atoms with Crippen LogP contribution in [0.2, 0.25) is 0 Å². The summed E-state index contributed by atoms with van der Waals surface area (Å²) in [4.78, 5) is 11.6. The summed E-state index contributed by atoms with van der Waals surface area (Å²) >= 11 is 0. The summed E-state index contributed by atoms with van der Waals surface area (Å²) in [6.07, 6.45) is 3.95. The summed E-state index contributed by atoms with van der Waals surface area (Å²) in [5.74, 6) is 0.702. The van der Waals surface area contributed by atoms with Gasteiger partial charge < -0.3 is 20.1 Å². The summed E-state index contributed by atoms with van der Waals surface area (Å²) in [5, 5.41) is 6.26. The van der Waals surface area contributed by atoms with Crippen LogP contribution in [0.1, 0.15) is 47.0 Å². The van der Waals surface area contributed by atoms with Crippen molar-refractivity contribution in [2.45, 2.75) is 64.6 Å². The Labute approximate surface area is 143 Å². The predicted octanol–water partition coefficient (Wildman–Crippen LogP) is 2.05. The Morgan fingerprint density at radius 2 is 1.91 bits per heavy atom. The van der Waals surface area contributed by atoms with Gasteiger partial charge in [-0.3, -0.25) is 4.21 Å². The number of nitrogens with one attached hydrogen (secondary N) is 2. The first-order valence-electron chi connectivity index (χ1n) is 8.16. The van der Waals surface area contributed by atoms with Crippen molar-refractivity contribution in [2.75, 3.05) is 32.3 Å². The van der Waals surface area contributed by atoms with E-state index in [1.54, 1.807) is 13.4 Å². The molecule has 3 unspecified atom stereocenters. The maximum absolute atomic E-state index is 11.6. The third-order valence-corrected chi connectivity index (χ3v) is 3.93. The molecule has 0 aromatic heterocycles. The van der Waals surface area contributed by atoms with Crippen molar-refractivity contribution in [2.24, 2.45) is 0 Å². The molecule has 0 saturated carbocycles. The maximum Gasteiger partial charge on any atom is 0.407 e. The summed E-state index contributed by atoms with van der Waals surface area (Å²) in [7, 11) is 0.922. The molecule has 7 heteroatoms. The SMILES string of the molecule is COCC(CCCNC(=O)OC(C)(C)C)NC(C)CCS(C)=O. The first kappa shape index (κ1) is 22.3. The number of ether oxygens (including phenoxy) is 2. The lowest BCUT2D eigenvalue weighted by Crippen LogP contribution is -2.41. The van der Waals surface area contributed by atoms with Crippen LogP contribution >= 0.6 is 0 Å². The number of hydrogen-bond donors (Lipinski definition) is 2. The van der Waals surface area contributed by atoms with Gasteiger partial charge in [0.05, 0.1) is 6.61 Å². The van der Waals surface area contributed by atoms with E-state index >= 15 is 0 Å². The van der Waals surface area contributed by atoms with E-state index in [1.165, 1.54) is 0 Å². The number of carbonyl (C=O) groups excluding carboxylic acids is 1. The van der Waals surface area contributed by atoms with E-state index in [4.69, 9.17) is 9.47 Å². The Morgan fingerprint density at radius 1 is 1.26 bits per heavy atom. The molecule has 0 saturated heterocycles.